The molecule has 6 aliphatic rings. The average Bonchev–Trinajstić information content (AvgIpc) is 3.46. The molecule has 10 nitrogen and oxygen atoms in total. The van der Waals surface area contributed by atoms with Crippen LogP contribution in [-0.4, -0.2) is 37.9 Å². The number of hydrogen-bond acceptors (Lipinski definition) is 6. The number of nitrogens with zero attached hydrogens (tertiary/aromatic N) is 3. The van der Waals surface area contributed by atoms with E-state index in [4.69, 9.17) is 4.42 Å². The lowest BCUT2D eigenvalue weighted by atomic mass is 8.96. The van der Waals surface area contributed by atoms with Crippen molar-refractivity contribution in [1.29, 1.82) is 0 Å². The first-order valence-electron chi connectivity index (χ1n) is 12.2. The summed E-state index contributed by atoms with van der Waals surface area (Å²) in [7, 11) is 0. The summed E-state index contributed by atoms with van der Waals surface area (Å²) in [6.45, 7) is 0.769. The summed E-state index contributed by atoms with van der Waals surface area (Å²) in [5, 5.41) is 9.76. The average molecular weight is 486 g/mol. The monoisotopic (exact) mass is 486 g/mol. The van der Waals surface area contributed by atoms with Gasteiger partial charge in [0, 0.05) is 19.2 Å². The summed E-state index contributed by atoms with van der Waals surface area (Å²) in [6.07, 6.45) is 0.986. The summed E-state index contributed by atoms with van der Waals surface area (Å²) >= 11 is 0. The summed E-state index contributed by atoms with van der Waals surface area (Å²) in [5.74, 6) is 3.91. The molecule has 4 aromatic rings. The van der Waals surface area contributed by atoms with Gasteiger partial charge in [0.05, 0.1) is 11.7 Å². The van der Waals surface area contributed by atoms with Crippen LogP contribution < -0.4 is 16.4 Å². The third kappa shape index (κ3) is 1.90. The fourth-order valence-electron chi connectivity index (χ4n) is 8.94. The van der Waals surface area contributed by atoms with Gasteiger partial charge >= 0.3 is 5.76 Å². The van der Waals surface area contributed by atoms with Crippen molar-refractivity contribution in [3.05, 3.63) is 63.8 Å². The number of amides is 2. The van der Waals surface area contributed by atoms with E-state index in [0.717, 1.165) is 57.7 Å². The summed E-state index contributed by atoms with van der Waals surface area (Å²) in [5.41, 5.74) is 1.76. The molecule has 0 unspecified atom stereocenters. The Hall–Kier alpha value is -4.02. The van der Waals surface area contributed by atoms with Gasteiger partial charge in [-0.2, -0.15) is 5.10 Å². The molecule has 1 aromatic carbocycles. The Kier molecular flexibility index (Phi) is 3.12. The van der Waals surface area contributed by atoms with Crippen molar-refractivity contribution in [3.8, 4) is 0 Å². The quantitative estimate of drug-likeness (QED) is 0.377. The van der Waals surface area contributed by atoms with E-state index in [-0.39, 0.29) is 29.5 Å². The standard InChI is InChI=1S/C25H19FN6O4/c26-9-6-29-32-12(23(34)28-7-25-18-15-14-16(18)20(25)17(14)19(15)25)4-11(30-21(9)32)22(33)27-5-8-1-2-13-10(3-8)31-24(35)36-13/h1-4,6,14-20H,5,7H2,(H,27,33)(H,28,34)(H,31,35). The molecule has 36 heavy (non-hydrogen) atoms. The number of halogens is 1. The van der Waals surface area contributed by atoms with Crippen LogP contribution in [0.5, 0.6) is 0 Å². The third-order valence-corrected chi connectivity index (χ3v) is 10.1. The lowest BCUT2D eigenvalue weighted by Crippen LogP contribution is -3.06. The third-order valence-electron chi connectivity index (χ3n) is 10.1. The molecule has 6 saturated carbocycles. The minimum absolute atomic E-state index is 0.0726. The van der Waals surface area contributed by atoms with Gasteiger partial charge in [0.1, 0.15) is 11.4 Å². The van der Waals surface area contributed by atoms with Crippen LogP contribution in [-0.2, 0) is 6.54 Å². The summed E-state index contributed by atoms with van der Waals surface area (Å²) in [4.78, 5) is 44.2. The van der Waals surface area contributed by atoms with Crippen molar-refractivity contribution in [1.82, 2.24) is 30.2 Å². The number of oxazole rings is 1. The van der Waals surface area contributed by atoms with Gasteiger partial charge < -0.3 is 15.1 Å². The molecule has 0 atom stereocenters. The highest BCUT2D eigenvalue weighted by Crippen LogP contribution is 3.05. The lowest BCUT2D eigenvalue weighted by Gasteiger charge is -3.08. The molecule has 3 N–H and O–H groups in total. The number of fused-ring (bicyclic) bond motifs is 2. The zero-order chi connectivity index (χ0) is 24.1. The molecule has 6 fully saturated rings. The van der Waals surface area contributed by atoms with Crippen molar-refractivity contribution in [2.45, 2.75) is 6.54 Å². The van der Waals surface area contributed by atoms with Gasteiger partial charge in [0.25, 0.3) is 11.8 Å². The Bertz CT molecular complexity index is 1700. The summed E-state index contributed by atoms with van der Waals surface area (Å²) < 4.78 is 20.5. The van der Waals surface area contributed by atoms with E-state index in [1.165, 1.54) is 6.07 Å². The van der Waals surface area contributed by atoms with E-state index in [9.17, 15) is 18.8 Å². The van der Waals surface area contributed by atoms with E-state index in [1.807, 2.05) is 0 Å². The van der Waals surface area contributed by atoms with Crippen molar-refractivity contribution in [3.63, 3.8) is 0 Å². The number of carbonyl (C=O) groups excluding carboxylic acids is 2. The molecule has 10 rings (SSSR count). The predicted molar refractivity (Wildman–Crippen MR) is 120 cm³/mol. The largest absolute Gasteiger partial charge is 0.417 e. The molecule has 3 heterocycles. The van der Waals surface area contributed by atoms with Gasteiger partial charge in [-0.25, -0.2) is 18.7 Å². The number of hydrogen-bond donors (Lipinski definition) is 3. The summed E-state index contributed by atoms with van der Waals surface area (Å²) in [6, 6.07) is 6.39. The Labute approximate surface area is 201 Å². The maximum absolute atomic E-state index is 14.4. The SMILES string of the molecule is O=C(NCc1ccc2oc(=O)[nH]c2c1)c1cc(C(=O)NCC23C4C5C6C4C2C6C53)n2ncc(F)c2n1. The number of carbonyl (C=O) groups is 2. The van der Waals surface area contributed by atoms with E-state index >= 15 is 0 Å². The number of aromatic amines is 1. The highest BCUT2D eigenvalue weighted by atomic mass is 19.1. The van der Waals surface area contributed by atoms with Crippen molar-refractivity contribution >= 4 is 28.6 Å². The zero-order valence-corrected chi connectivity index (χ0v) is 18.7. The second kappa shape index (κ2) is 5.85. The van der Waals surface area contributed by atoms with Crippen molar-refractivity contribution in [2.24, 2.45) is 46.8 Å². The van der Waals surface area contributed by atoms with Gasteiger partial charge in [-0.15, -0.1) is 0 Å². The van der Waals surface area contributed by atoms with E-state index in [0.29, 0.717) is 23.1 Å². The Morgan fingerprint density at radius 1 is 1.08 bits per heavy atom. The van der Waals surface area contributed by atoms with Gasteiger partial charge in [0.15, 0.2) is 17.0 Å². The van der Waals surface area contributed by atoms with Gasteiger partial charge in [0.2, 0.25) is 0 Å². The molecule has 11 heteroatoms. The lowest BCUT2D eigenvalue weighted by molar-refractivity contribution is -0.612. The van der Waals surface area contributed by atoms with Crippen LogP contribution in [0.1, 0.15) is 26.5 Å². The second-order valence-electron chi connectivity index (χ2n) is 11.0. The number of aromatic nitrogens is 4. The first kappa shape index (κ1) is 19.2. The van der Waals surface area contributed by atoms with E-state index in [1.54, 1.807) is 18.2 Å². The molecule has 2 amide bonds. The van der Waals surface area contributed by atoms with E-state index in [2.05, 4.69) is 25.7 Å². The number of rotatable bonds is 6. The first-order chi connectivity index (χ1) is 17.5. The minimum Gasteiger partial charge on any atom is -0.408 e. The van der Waals surface area contributed by atoms with Crippen molar-refractivity contribution in [2.75, 3.05) is 6.54 Å². The number of nitrogens with one attached hydrogen (secondary N) is 3. The van der Waals surface area contributed by atoms with Gasteiger partial charge in [-0.3, -0.25) is 14.6 Å². The van der Waals surface area contributed by atoms with Crippen LogP contribution in [0, 0.1) is 52.7 Å². The topological polar surface area (TPSA) is 134 Å². The van der Waals surface area contributed by atoms with Crippen LogP contribution in [0.3, 0.4) is 0 Å². The Balaban J connectivity index is 0.961. The fraction of sp³-hybridized carbons (Fsp3) is 0.400. The molecule has 0 aliphatic heterocycles. The molecule has 0 radical (unpaired) electrons. The highest BCUT2D eigenvalue weighted by molar-refractivity contribution is 5.98. The molecule has 0 bridgehead atoms. The van der Waals surface area contributed by atoms with Crippen LogP contribution in [0.15, 0.2) is 39.7 Å². The van der Waals surface area contributed by atoms with Gasteiger partial charge in [-0.05, 0) is 64.5 Å². The molecule has 3 aromatic heterocycles. The van der Waals surface area contributed by atoms with Crippen LogP contribution in [0.25, 0.3) is 16.7 Å². The smallest absolute Gasteiger partial charge is 0.408 e. The number of benzene rings is 1. The molecular formula is C25H19FN6O4. The van der Waals surface area contributed by atoms with Crippen molar-refractivity contribution < 1.29 is 18.4 Å². The zero-order valence-electron chi connectivity index (χ0n) is 18.7. The molecule has 0 saturated heterocycles. The molecule has 6 aliphatic carbocycles. The Morgan fingerprint density at radius 3 is 2.64 bits per heavy atom. The predicted octanol–water partition coefficient (Wildman–Crippen LogP) is 1.33. The van der Waals surface area contributed by atoms with Gasteiger partial charge in [-0.1, -0.05) is 6.07 Å². The molecule has 180 valence electrons. The van der Waals surface area contributed by atoms with E-state index < -0.39 is 17.5 Å². The normalized spacial score (nSPS) is 35.2. The maximum atomic E-state index is 14.4. The van der Waals surface area contributed by atoms with Crippen LogP contribution in [0.2, 0.25) is 0 Å². The molecule has 0 spiro atoms. The molecular weight excluding hydrogens is 467 g/mol. The first-order valence-corrected chi connectivity index (χ1v) is 12.2. The number of H-pyrrole nitrogens is 1. The maximum Gasteiger partial charge on any atom is 0.417 e. The van der Waals surface area contributed by atoms with Crippen LogP contribution in [0.4, 0.5) is 4.39 Å². The fourth-order valence-corrected chi connectivity index (χ4v) is 8.94. The van der Waals surface area contributed by atoms with Crippen LogP contribution >= 0.6 is 0 Å². The minimum atomic E-state index is -0.714. The Morgan fingerprint density at radius 2 is 1.86 bits per heavy atom. The second-order valence-corrected chi connectivity index (χ2v) is 11.0. The highest BCUT2D eigenvalue weighted by Gasteiger charge is 3.03.